The zero-order chi connectivity index (χ0) is 7.11. The predicted octanol–water partition coefficient (Wildman–Crippen LogP) is -0.308. The first-order valence-corrected chi connectivity index (χ1v) is 2.41. The normalized spacial score (nSPS) is 11.9. The van der Waals surface area contributed by atoms with E-state index < -0.39 is 0 Å². The molecule has 0 saturated heterocycles. The second kappa shape index (κ2) is 4.83. The fourth-order valence-corrected chi connectivity index (χ4v) is 0.250. The van der Waals surface area contributed by atoms with Crippen LogP contribution in [0.3, 0.4) is 0 Å². The molecule has 0 atom stereocenters. The molecule has 0 aromatic rings. The fraction of sp³-hybridized carbons (Fsp3) is 0.200. The molecular formula is C5H10N4. The highest BCUT2D eigenvalue weighted by Gasteiger charge is 1.74. The van der Waals surface area contributed by atoms with Crippen LogP contribution in [0.5, 0.6) is 0 Å². The van der Waals surface area contributed by atoms with E-state index in [-0.39, 0.29) is 0 Å². The van der Waals surface area contributed by atoms with Crippen molar-refractivity contribution in [2.75, 3.05) is 7.05 Å². The monoisotopic (exact) mass is 126 g/mol. The summed E-state index contributed by atoms with van der Waals surface area (Å²) < 4.78 is 0. The van der Waals surface area contributed by atoms with Crippen LogP contribution < -0.4 is 11.2 Å². The molecule has 0 aliphatic heterocycles. The van der Waals surface area contributed by atoms with Gasteiger partial charge in [0.2, 0.25) is 0 Å². The highest BCUT2D eigenvalue weighted by molar-refractivity contribution is 5.91. The van der Waals surface area contributed by atoms with Gasteiger partial charge in [-0.2, -0.15) is 5.10 Å². The van der Waals surface area contributed by atoms with Crippen molar-refractivity contribution in [3.8, 4) is 0 Å². The summed E-state index contributed by atoms with van der Waals surface area (Å²) in [7, 11) is 1.61. The van der Waals surface area contributed by atoms with Gasteiger partial charge in [-0.3, -0.25) is 10.4 Å². The smallest absolute Gasteiger partial charge is 0.119 e. The summed E-state index contributed by atoms with van der Waals surface area (Å²) in [4.78, 5) is 3.67. The van der Waals surface area contributed by atoms with Crippen LogP contribution in [-0.4, -0.2) is 19.6 Å². The number of hydrogen-bond donors (Lipinski definition) is 2. The minimum atomic E-state index is 0.450. The Morgan fingerprint density at radius 3 is 2.89 bits per heavy atom. The Morgan fingerprint density at radius 2 is 2.44 bits per heavy atom. The average molecular weight is 126 g/mol. The van der Waals surface area contributed by atoms with Gasteiger partial charge in [0, 0.05) is 20.0 Å². The molecule has 0 rings (SSSR count). The Hall–Kier alpha value is -1.32. The predicted molar refractivity (Wildman–Crippen MR) is 39.4 cm³/mol. The highest BCUT2D eigenvalue weighted by Crippen LogP contribution is 1.68. The van der Waals surface area contributed by atoms with Crippen molar-refractivity contribution in [3.63, 3.8) is 0 Å². The number of rotatable bonds is 3. The maximum atomic E-state index is 5.27. The first-order valence-electron chi connectivity index (χ1n) is 2.41. The quantitative estimate of drug-likeness (QED) is 0.309. The molecule has 0 bridgehead atoms. The molecule has 0 fully saturated rings. The van der Waals surface area contributed by atoms with Gasteiger partial charge in [-0.15, -0.1) is 0 Å². The number of nitrogens with two attached hydrogens (primary N) is 1. The zero-order valence-corrected chi connectivity index (χ0v) is 5.33. The Balaban J connectivity index is 3.56. The van der Waals surface area contributed by atoms with Crippen LogP contribution in [0.15, 0.2) is 22.4 Å². The van der Waals surface area contributed by atoms with Gasteiger partial charge in [0.15, 0.2) is 0 Å². The van der Waals surface area contributed by atoms with Gasteiger partial charge in [-0.05, 0) is 6.08 Å². The summed E-state index contributed by atoms with van der Waals surface area (Å²) >= 11 is 0. The van der Waals surface area contributed by atoms with Gasteiger partial charge in [-0.1, -0.05) is 0 Å². The van der Waals surface area contributed by atoms with Gasteiger partial charge in [0.1, 0.15) is 5.84 Å². The van der Waals surface area contributed by atoms with Crippen molar-refractivity contribution >= 4 is 12.6 Å². The van der Waals surface area contributed by atoms with E-state index in [1.807, 2.05) is 0 Å². The third-order valence-corrected chi connectivity index (χ3v) is 0.678. The minimum Gasteiger partial charge on any atom is -0.384 e. The van der Waals surface area contributed by atoms with Crippen LogP contribution in [0.4, 0.5) is 0 Å². The Kier molecular flexibility index (Phi) is 4.12. The van der Waals surface area contributed by atoms with Gasteiger partial charge >= 0.3 is 0 Å². The summed E-state index contributed by atoms with van der Waals surface area (Å²) in [6.45, 7) is 3.19. The van der Waals surface area contributed by atoms with E-state index in [2.05, 4.69) is 22.2 Å². The number of aliphatic imine (C=N–C) groups is 1. The first kappa shape index (κ1) is 7.68. The first-order chi connectivity index (χ1) is 4.31. The molecule has 3 N–H and O–H groups in total. The zero-order valence-electron chi connectivity index (χ0n) is 5.33. The molecule has 0 aliphatic rings. The molecule has 0 heterocycles. The highest BCUT2D eigenvalue weighted by atomic mass is 15.3. The molecule has 0 aliphatic carbocycles. The lowest BCUT2D eigenvalue weighted by atomic mass is 10.6. The number of hydrogen-bond acceptors (Lipinski definition) is 3. The van der Waals surface area contributed by atoms with Gasteiger partial charge < -0.3 is 5.73 Å². The molecule has 0 spiro atoms. The molecule has 50 valence electrons. The molecule has 0 radical (unpaired) electrons. The lowest BCUT2D eigenvalue weighted by Crippen LogP contribution is -2.08. The second-order valence-electron chi connectivity index (χ2n) is 1.27. The summed E-state index contributed by atoms with van der Waals surface area (Å²) in [5.74, 6) is 0.450. The Labute approximate surface area is 54.2 Å². The van der Waals surface area contributed by atoms with Crippen LogP contribution in [0.2, 0.25) is 0 Å². The Bertz CT molecular complexity index is 136. The molecule has 0 aromatic heterocycles. The third-order valence-electron chi connectivity index (χ3n) is 0.678. The second-order valence-corrected chi connectivity index (χ2v) is 1.27. The fourth-order valence-electron chi connectivity index (χ4n) is 0.250. The minimum absolute atomic E-state index is 0.450. The van der Waals surface area contributed by atoms with Crippen LogP contribution in [0.25, 0.3) is 0 Å². The van der Waals surface area contributed by atoms with Gasteiger partial charge in [0.25, 0.3) is 0 Å². The van der Waals surface area contributed by atoms with Crippen LogP contribution >= 0.6 is 0 Å². The molecule has 9 heavy (non-hydrogen) atoms. The summed E-state index contributed by atoms with van der Waals surface area (Å²) in [5, 5.41) is 3.34. The third kappa shape index (κ3) is 4.53. The van der Waals surface area contributed by atoms with Crippen LogP contribution in [-0.2, 0) is 0 Å². The maximum Gasteiger partial charge on any atom is 0.119 e. The van der Waals surface area contributed by atoms with Crippen molar-refractivity contribution in [2.45, 2.75) is 0 Å². The van der Waals surface area contributed by atoms with Crippen molar-refractivity contribution in [3.05, 3.63) is 12.3 Å². The van der Waals surface area contributed by atoms with Crippen LogP contribution in [0.1, 0.15) is 0 Å². The summed E-state index contributed by atoms with van der Waals surface area (Å²) in [6.07, 6.45) is 3.14. The number of hydrazone groups is 1. The van der Waals surface area contributed by atoms with E-state index in [0.29, 0.717) is 5.84 Å². The van der Waals surface area contributed by atoms with Gasteiger partial charge in [0.05, 0.1) is 0 Å². The average Bonchev–Trinajstić information content (AvgIpc) is 1.89. The van der Waals surface area contributed by atoms with E-state index in [4.69, 9.17) is 5.73 Å². The van der Waals surface area contributed by atoms with Crippen molar-refractivity contribution in [1.29, 1.82) is 0 Å². The molecule has 0 aromatic carbocycles. The molecule has 4 heteroatoms. The lowest BCUT2D eigenvalue weighted by Gasteiger charge is -1.87. The standard InChI is InChI=1S/C5H10N4/c1-7-5(6)3-4-9-8-2/h3-4,9H,2H2,1H3,(H2,6,7). The molecule has 0 amide bonds. The van der Waals surface area contributed by atoms with E-state index in [1.165, 1.54) is 0 Å². The van der Waals surface area contributed by atoms with E-state index in [1.54, 1.807) is 19.3 Å². The van der Waals surface area contributed by atoms with E-state index in [9.17, 15) is 0 Å². The number of nitrogens with one attached hydrogen (secondary N) is 1. The molecular weight excluding hydrogens is 116 g/mol. The lowest BCUT2D eigenvalue weighted by molar-refractivity contribution is 0.982. The van der Waals surface area contributed by atoms with Crippen molar-refractivity contribution in [1.82, 2.24) is 5.43 Å². The number of amidine groups is 1. The maximum absolute atomic E-state index is 5.27. The van der Waals surface area contributed by atoms with E-state index >= 15 is 0 Å². The van der Waals surface area contributed by atoms with E-state index in [0.717, 1.165) is 0 Å². The number of nitrogens with zero attached hydrogens (tertiary/aromatic N) is 2. The Morgan fingerprint density at radius 1 is 1.78 bits per heavy atom. The molecule has 4 nitrogen and oxygen atoms in total. The topological polar surface area (TPSA) is 62.8 Å². The summed E-state index contributed by atoms with van der Waals surface area (Å²) in [5.41, 5.74) is 7.76. The van der Waals surface area contributed by atoms with Crippen LogP contribution in [0, 0.1) is 0 Å². The van der Waals surface area contributed by atoms with Crippen molar-refractivity contribution in [2.24, 2.45) is 15.8 Å². The SMILES string of the molecule is C=NNC=CC(N)=NC. The summed E-state index contributed by atoms with van der Waals surface area (Å²) in [6, 6.07) is 0. The molecule has 0 unspecified atom stereocenters. The van der Waals surface area contributed by atoms with Crippen molar-refractivity contribution < 1.29 is 0 Å². The largest absolute Gasteiger partial charge is 0.384 e. The molecule has 0 saturated carbocycles. The van der Waals surface area contributed by atoms with Gasteiger partial charge in [-0.25, -0.2) is 0 Å².